The van der Waals surface area contributed by atoms with Gasteiger partial charge in [0.15, 0.2) is 0 Å². The number of aliphatic hydroxyl groups excluding tert-OH is 4. The molecule has 0 spiro atoms. The van der Waals surface area contributed by atoms with Crippen molar-refractivity contribution in [2.75, 3.05) is 6.61 Å². The topological polar surface area (TPSA) is 107 Å². The zero-order valence-electron chi connectivity index (χ0n) is 6.09. The predicted octanol–water partition coefficient (Wildman–Crippen LogP) is -2.78. The molecular weight excluding hydrogens is 150 g/mol. The lowest BCUT2D eigenvalue weighted by Gasteiger charge is -2.24. The summed E-state index contributed by atoms with van der Waals surface area (Å²) in [6, 6.07) is -1.08. The molecule has 4 atom stereocenters. The SMILES string of the molecule is [CH2]C(O)C(O)C(N)C(O)CO. The lowest BCUT2D eigenvalue weighted by Crippen LogP contribution is -2.50. The molecule has 0 saturated carbocycles. The van der Waals surface area contributed by atoms with Gasteiger partial charge >= 0.3 is 0 Å². The Bertz CT molecular complexity index is 109. The van der Waals surface area contributed by atoms with E-state index in [0.717, 1.165) is 0 Å². The van der Waals surface area contributed by atoms with Crippen LogP contribution in [-0.4, -0.2) is 51.4 Å². The second-order valence-corrected chi connectivity index (χ2v) is 2.39. The smallest absolute Gasteiger partial charge is 0.0975 e. The van der Waals surface area contributed by atoms with Crippen LogP contribution in [0.5, 0.6) is 0 Å². The maximum atomic E-state index is 8.99. The lowest BCUT2D eigenvalue weighted by molar-refractivity contribution is -0.0237. The third kappa shape index (κ3) is 3.13. The predicted molar refractivity (Wildman–Crippen MR) is 38.4 cm³/mol. The third-order valence-electron chi connectivity index (χ3n) is 1.42. The molecule has 67 valence electrons. The van der Waals surface area contributed by atoms with Gasteiger partial charge in [0.1, 0.15) is 0 Å². The summed E-state index contributed by atoms with van der Waals surface area (Å²) < 4.78 is 0. The second kappa shape index (κ2) is 4.63. The van der Waals surface area contributed by atoms with Gasteiger partial charge in [-0.2, -0.15) is 0 Å². The molecule has 4 unspecified atom stereocenters. The Labute approximate surface area is 65.1 Å². The molecule has 0 heterocycles. The van der Waals surface area contributed by atoms with Crippen LogP contribution < -0.4 is 5.73 Å². The molecule has 5 heteroatoms. The van der Waals surface area contributed by atoms with Gasteiger partial charge < -0.3 is 26.2 Å². The van der Waals surface area contributed by atoms with E-state index < -0.39 is 31.0 Å². The molecule has 1 radical (unpaired) electrons. The van der Waals surface area contributed by atoms with Crippen LogP contribution >= 0.6 is 0 Å². The lowest BCUT2D eigenvalue weighted by atomic mass is 10.0. The van der Waals surface area contributed by atoms with Crippen molar-refractivity contribution < 1.29 is 20.4 Å². The zero-order chi connectivity index (χ0) is 9.02. The van der Waals surface area contributed by atoms with Crippen LogP contribution in [0.4, 0.5) is 0 Å². The Morgan fingerprint density at radius 1 is 1.27 bits per heavy atom. The number of rotatable bonds is 4. The van der Waals surface area contributed by atoms with Crippen molar-refractivity contribution in [1.82, 2.24) is 0 Å². The number of aliphatic hydroxyl groups is 4. The Balaban J connectivity index is 3.90. The molecule has 0 amide bonds. The largest absolute Gasteiger partial charge is 0.394 e. The van der Waals surface area contributed by atoms with Crippen LogP contribution in [0.1, 0.15) is 0 Å². The Kier molecular flexibility index (Phi) is 4.55. The van der Waals surface area contributed by atoms with Gasteiger partial charge in [-0.1, -0.05) is 0 Å². The van der Waals surface area contributed by atoms with Crippen LogP contribution in [-0.2, 0) is 0 Å². The molecule has 0 aromatic carbocycles. The molecule has 0 aromatic heterocycles. The van der Waals surface area contributed by atoms with Gasteiger partial charge in [-0.15, -0.1) is 0 Å². The monoisotopic (exact) mass is 164 g/mol. The van der Waals surface area contributed by atoms with Crippen molar-refractivity contribution in [1.29, 1.82) is 0 Å². The first-order valence-electron chi connectivity index (χ1n) is 3.24. The minimum atomic E-state index is -1.32. The van der Waals surface area contributed by atoms with E-state index in [9.17, 15) is 0 Å². The van der Waals surface area contributed by atoms with Gasteiger partial charge in [0.25, 0.3) is 0 Å². The molecule has 11 heavy (non-hydrogen) atoms. The number of hydrogen-bond acceptors (Lipinski definition) is 5. The van der Waals surface area contributed by atoms with E-state index in [1.54, 1.807) is 0 Å². The Morgan fingerprint density at radius 3 is 2.00 bits per heavy atom. The fraction of sp³-hybridized carbons (Fsp3) is 0.833. The highest BCUT2D eigenvalue weighted by molar-refractivity contribution is 4.84. The molecule has 0 saturated heterocycles. The molecule has 5 nitrogen and oxygen atoms in total. The van der Waals surface area contributed by atoms with Crippen LogP contribution in [0.25, 0.3) is 0 Å². The highest BCUT2D eigenvalue weighted by Crippen LogP contribution is 2.00. The van der Waals surface area contributed by atoms with Crippen molar-refractivity contribution in [3.05, 3.63) is 6.92 Å². The number of hydrogen-bond donors (Lipinski definition) is 5. The summed E-state index contributed by atoms with van der Waals surface area (Å²) in [7, 11) is 0. The van der Waals surface area contributed by atoms with Gasteiger partial charge in [-0.25, -0.2) is 0 Å². The minimum absolute atomic E-state index is 0.551. The summed E-state index contributed by atoms with van der Waals surface area (Å²) in [6.07, 6.45) is -3.82. The van der Waals surface area contributed by atoms with Crippen LogP contribution in [0.3, 0.4) is 0 Å². The first kappa shape index (κ1) is 10.8. The molecule has 0 aliphatic carbocycles. The normalized spacial score (nSPS) is 22.4. The summed E-state index contributed by atoms with van der Waals surface area (Å²) in [5, 5.41) is 35.0. The highest BCUT2D eigenvalue weighted by Gasteiger charge is 2.25. The van der Waals surface area contributed by atoms with Gasteiger partial charge in [0.05, 0.1) is 31.0 Å². The first-order chi connectivity index (χ1) is 5.00. The summed E-state index contributed by atoms with van der Waals surface area (Å²) in [5.41, 5.74) is 5.21. The van der Waals surface area contributed by atoms with Crippen molar-refractivity contribution in [3.8, 4) is 0 Å². The van der Waals surface area contributed by atoms with E-state index in [1.807, 2.05) is 0 Å². The zero-order valence-corrected chi connectivity index (χ0v) is 6.09. The van der Waals surface area contributed by atoms with Crippen molar-refractivity contribution in [2.24, 2.45) is 5.73 Å². The first-order valence-corrected chi connectivity index (χ1v) is 3.24. The molecular formula is C6H14NO4. The van der Waals surface area contributed by atoms with Crippen LogP contribution in [0.2, 0.25) is 0 Å². The third-order valence-corrected chi connectivity index (χ3v) is 1.42. The average molecular weight is 164 g/mol. The van der Waals surface area contributed by atoms with E-state index >= 15 is 0 Å². The minimum Gasteiger partial charge on any atom is -0.394 e. The second-order valence-electron chi connectivity index (χ2n) is 2.39. The van der Waals surface area contributed by atoms with Crippen LogP contribution in [0, 0.1) is 6.92 Å². The van der Waals surface area contributed by atoms with Gasteiger partial charge in [0.2, 0.25) is 0 Å². The van der Waals surface area contributed by atoms with E-state index in [2.05, 4.69) is 6.92 Å². The van der Waals surface area contributed by atoms with Crippen molar-refractivity contribution in [3.63, 3.8) is 0 Å². The maximum absolute atomic E-state index is 8.99. The summed E-state index contributed by atoms with van der Waals surface area (Å²) >= 11 is 0. The molecule has 0 fully saturated rings. The van der Waals surface area contributed by atoms with E-state index in [4.69, 9.17) is 26.2 Å². The van der Waals surface area contributed by atoms with Gasteiger partial charge in [0, 0.05) is 0 Å². The number of nitrogens with two attached hydrogens (primary N) is 1. The van der Waals surface area contributed by atoms with Gasteiger partial charge in [-0.3, -0.25) is 0 Å². The Hall–Kier alpha value is -0.200. The Morgan fingerprint density at radius 2 is 1.73 bits per heavy atom. The summed E-state index contributed by atoms with van der Waals surface area (Å²) in [6.45, 7) is 2.56. The molecule has 6 N–H and O–H groups in total. The van der Waals surface area contributed by atoms with E-state index in [-0.39, 0.29) is 0 Å². The van der Waals surface area contributed by atoms with Gasteiger partial charge in [-0.05, 0) is 6.92 Å². The molecule has 0 rings (SSSR count). The fourth-order valence-corrected chi connectivity index (χ4v) is 0.606. The van der Waals surface area contributed by atoms with E-state index in [0.29, 0.717) is 0 Å². The van der Waals surface area contributed by atoms with E-state index in [1.165, 1.54) is 0 Å². The average Bonchev–Trinajstić information content (AvgIpc) is 2.00. The van der Waals surface area contributed by atoms with Crippen molar-refractivity contribution in [2.45, 2.75) is 24.4 Å². The van der Waals surface area contributed by atoms with Crippen LogP contribution in [0.15, 0.2) is 0 Å². The fourth-order valence-electron chi connectivity index (χ4n) is 0.606. The maximum Gasteiger partial charge on any atom is 0.0975 e. The van der Waals surface area contributed by atoms with Crippen molar-refractivity contribution >= 4 is 0 Å². The highest BCUT2D eigenvalue weighted by atomic mass is 16.3. The molecule has 0 aliphatic heterocycles. The summed E-state index contributed by atoms with van der Waals surface area (Å²) in [5.74, 6) is 0. The summed E-state index contributed by atoms with van der Waals surface area (Å²) in [4.78, 5) is 0. The molecule has 0 aliphatic rings. The molecule has 0 aromatic rings. The quantitative estimate of drug-likeness (QED) is 0.309. The molecule has 0 bridgehead atoms. The standard InChI is InChI=1S/C6H14NO4/c1-3(9)6(11)5(7)4(10)2-8/h3-6,8-11H,1-2,7H2.